The standard InChI is InChI=1S/C17H28N2O2/c1-16-4-6-17(7-5-16)21-15-14-20-13-3-8-19-11-9-18(2)10-12-19/h4-7H,3,8-15H2,1-2H3. The molecule has 1 fully saturated rings. The second-order valence-corrected chi connectivity index (χ2v) is 5.77. The molecule has 1 aromatic rings. The third kappa shape index (κ3) is 6.46. The first-order valence-electron chi connectivity index (χ1n) is 7.92. The summed E-state index contributed by atoms with van der Waals surface area (Å²) < 4.78 is 11.3. The summed E-state index contributed by atoms with van der Waals surface area (Å²) >= 11 is 0. The summed E-state index contributed by atoms with van der Waals surface area (Å²) in [6, 6.07) is 8.13. The lowest BCUT2D eigenvalue weighted by atomic mass is 10.2. The molecule has 118 valence electrons. The molecule has 0 radical (unpaired) electrons. The molecule has 21 heavy (non-hydrogen) atoms. The molecule has 4 heteroatoms. The highest BCUT2D eigenvalue weighted by molar-refractivity contribution is 5.26. The van der Waals surface area contributed by atoms with Gasteiger partial charge in [-0.1, -0.05) is 17.7 Å². The van der Waals surface area contributed by atoms with Crippen LogP contribution in [0.5, 0.6) is 5.75 Å². The molecule has 0 spiro atoms. The van der Waals surface area contributed by atoms with Gasteiger partial charge in [0.25, 0.3) is 0 Å². The fourth-order valence-corrected chi connectivity index (χ4v) is 2.42. The van der Waals surface area contributed by atoms with Crippen molar-refractivity contribution in [3.63, 3.8) is 0 Å². The molecule has 1 heterocycles. The predicted molar refractivity (Wildman–Crippen MR) is 86.0 cm³/mol. The van der Waals surface area contributed by atoms with Crippen LogP contribution in [-0.2, 0) is 4.74 Å². The van der Waals surface area contributed by atoms with E-state index in [0.717, 1.165) is 25.3 Å². The van der Waals surface area contributed by atoms with Crippen molar-refractivity contribution in [2.24, 2.45) is 0 Å². The van der Waals surface area contributed by atoms with Crippen LogP contribution in [0.3, 0.4) is 0 Å². The number of rotatable bonds is 8. The third-order valence-electron chi connectivity index (χ3n) is 3.88. The first-order chi connectivity index (χ1) is 10.2. The van der Waals surface area contributed by atoms with Gasteiger partial charge in [-0.2, -0.15) is 0 Å². The number of ether oxygens (including phenoxy) is 2. The molecule has 0 aliphatic carbocycles. The lowest BCUT2D eigenvalue weighted by Gasteiger charge is -2.32. The summed E-state index contributed by atoms with van der Waals surface area (Å²) in [5.74, 6) is 0.918. The highest BCUT2D eigenvalue weighted by atomic mass is 16.5. The van der Waals surface area contributed by atoms with E-state index in [4.69, 9.17) is 9.47 Å². The summed E-state index contributed by atoms with van der Waals surface area (Å²) in [6.07, 6.45) is 1.11. The van der Waals surface area contributed by atoms with E-state index in [1.54, 1.807) is 0 Å². The van der Waals surface area contributed by atoms with Gasteiger partial charge in [-0.3, -0.25) is 0 Å². The highest BCUT2D eigenvalue weighted by Gasteiger charge is 2.12. The predicted octanol–water partition coefficient (Wildman–Crippen LogP) is 2.03. The van der Waals surface area contributed by atoms with Crippen molar-refractivity contribution in [1.82, 2.24) is 9.80 Å². The molecule has 1 saturated heterocycles. The average molecular weight is 292 g/mol. The smallest absolute Gasteiger partial charge is 0.119 e. The number of benzene rings is 1. The van der Waals surface area contributed by atoms with E-state index in [1.165, 1.54) is 31.7 Å². The third-order valence-corrected chi connectivity index (χ3v) is 3.88. The van der Waals surface area contributed by atoms with E-state index in [2.05, 4.69) is 35.9 Å². The zero-order valence-electron chi connectivity index (χ0n) is 13.4. The Bertz CT molecular complexity index is 386. The van der Waals surface area contributed by atoms with E-state index in [9.17, 15) is 0 Å². The Morgan fingerprint density at radius 2 is 1.67 bits per heavy atom. The van der Waals surface area contributed by atoms with Crippen molar-refractivity contribution in [3.05, 3.63) is 29.8 Å². The zero-order valence-corrected chi connectivity index (χ0v) is 13.4. The monoisotopic (exact) mass is 292 g/mol. The molecule has 1 aromatic carbocycles. The summed E-state index contributed by atoms with van der Waals surface area (Å²) in [5, 5.41) is 0. The molecule has 0 bridgehead atoms. The molecule has 0 amide bonds. The number of hydrogen-bond donors (Lipinski definition) is 0. The lowest BCUT2D eigenvalue weighted by Crippen LogP contribution is -2.44. The maximum Gasteiger partial charge on any atom is 0.119 e. The molecule has 2 rings (SSSR count). The Kier molecular flexibility index (Phi) is 7.00. The summed E-state index contributed by atoms with van der Waals surface area (Å²) in [5.41, 5.74) is 1.25. The number of piperazine rings is 1. The summed E-state index contributed by atoms with van der Waals surface area (Å²) in [6.45, 7) is 10.1. The molecule has 4 nitrogen and oxygen atoms in total. The second-order valence-electron chi connectivity index (χ2n) is 5.77. The molecule has 0 saturated carbocycles. The topological polar surface area (TPSA) is 24.9 Å². The Morgan fingerprint density at radius 1 is 0.952 bits per heavy atom. The van der Waals surface area contributed by atoms with Gasteiger partial charge in [0.1, 0.15) is 12.4 Å². The summed E-state index contributed by atoms with van der Waals surface area (Å²) in [4.78, 5) is 4.90. The van der Waals surface area contributed by atoms with Gasteiger partial charge >= 0.3 is 0 Å². The number of hydrogen-bond acceptors (Lipinski definition) is 4. The van der Waals surface area contributed by atoms with E-state index in [-0.39, 0.29) is 0 Å². The van der Waals surface area contributed by atoms with Crippen molar-refractivity contribution >= 4 is 0 Å². The average Bonchev–Trinajstić information content (AvgIpc) is 2.50. The Hall–Kier alpha value is -1.10. The van der Waals surface area contributed by atoms with E-state index >= 15 is 0 Å². The second kappa shape index (κ2) is 9.03. The Balaban J connectivity index is 1.44. The highest BCUT2D eigenvalue weighted by Crippen LogP contribution is 2.10. The molecular formula is C17H28N2O2. The van der Waals surface area contributed by atoms with Gasteiger partial charge in [0.05, 0.1) is 6.61 Å². The van der Waals surface area contributed by atoms with Crippen LogP contribution < -0.4 is 4.74 Å². The van der Waals surface area contributed by atoms with Crippen molar-refractivity contribution in [2.75, 3.05) is 59.6 Å². The van der Waals surface area contributed by atoms with Gasteiger partial charge in [-0.25, -0.2) is 0 Å². The molecular weight excluding hydrogens is 264 g/mol. The van der Waals surface area contributed by atoms with Crippen molar-refractivity contribution in [1.29, 1.82) is 0 Å². The molecule has 0 aromatic heterocycles. The first-order valence-corrected chi connectivity index (χ1v) is 7.92. The number of likely N-dealkylation sites (N-methyl/N-ethyl adjacent to an activating group) is 1. The summed E-state index contributed by atoms with van der Waals surface area (Å²) in [7, 11) is 2.19. The van der Waals surface area contributed by atoms with E-state index in [0.29, 0.717) is 13.2 Å². The minimum absolute atomic E-state index is 0.623. The van der Waals surface area contributed by atoms with Crippen LogP contribution in [-0.4, -0.2) is 69.4 Å². The van der Waals surface area contributed by atoms with Gasteiger partial charge in [-0.05, 0) is 32.5 Å². The van der Waals surface area contributed by atoms with Crippen LogP contribution in [0.15, 0.2) is 24.3 Å². The zero-order chi connectivity index (χ0) is 14.9. The first kappa shape index (κ1) is 16.3. The maximum atomic E-state index is 5.63. The SMILES string of the molecule is Cc1ccc(OCCOCCCN2CCN(C)CC2)cc1. The van der Waals surface area contributed by atoms with Crippen LogP contribution >= 0.6 is 0 Å². The lowest BCUT2D eigenvalue weighted by molar-refractivity contribution is 0.0847. The fraction of sp³-hybridized carbons (Fsp3) is 0.647. The van der Waals surface area contributed by atoms with Gasteiger partial charge in [0.2, 0.25) is 0 Å². The quantitative estimate of drug-likeness (QED) is 0.685. The van der Waals surface area contributed by atoms with Gasteiger partial charge in [0.15, 0.2) is 0 Å². The molecule has 0 unspecified atom stereocenters. The van der Waals surface area contributed by atoms with Crippen LogP contribution in [0.1, 0.15) is 12.0 Å². The fourth-order valence-electron chi connectivity index (χ4n) is 2.42. The van der Waals surface area contributed by atoms with Crippen molar-refractivity contribution in [2.45, 2.75) is 13.3 Å². The van der Waals surface area contributed by atoms with Gasteiger partial charge in [0, 0.05) is 39.3 Å². The normalized spacial score (nSPS) is 17.0. The largest absolute Gasteiger partial charge is 0.491 e. The minimum atomic E-state index is 0.623. The molecule has 1 aliphatic rings. The van der Waals surface area contributed by atoms with Crippen LogP contribution in [0.25, 0.3) is 0 Å². The van der Waals surface area contributed by atoms with Crippen LogP contribution in [0.2, 0.25) is 0 Å². The Morgan fingerprint density at radius 3 is 2.38 bits per heavy atom. The Labute approximate surface area is 128 Å². The molecule has 0 atom stereocenters. The van der Waals surface area contributed by atoms with Crippen molar-refractivity contribution < 1.29 is 9.47 Å². The number of aryl methyl sites for hydroxylation is 1. The van der Waals surface area contributed by atoms with Crippen LogP contribution in [0.4, 0.5) is 0 Å². The maximum absolute atomic E-state index is 5.63. The van der Waals surface area contributed by atoms with E-state index in [1.807, 2.05) is 12.1 Å². The van der Waals surface area contributed by atoms with Gasteiger partial charge in [-0.15, -0.1) is 0 Å². The van der Waals surface area contributed by atoms with Crippen molar-refractivity contribution in [3.8, 4) is 5.75 Å². The van der Waals surface area contributed by atoms with Crippen LogP contribution in [0, 0.1) is 6.92 Å². The van der Waals surface area contributed by atoms with E-state index < -0.39 is 0 Å². The molecule has 0 N–H and O–H groups in total. The molecule has 1 aliphatic heterocycles. The van der Waals surface area contributed by atoms with Gasteiger partial charge < -0.3 is 19.3 Å². The minimum Gasteiger partial charge on any atom is -0.491 e. The number of nitrogens with zero attached hydrogens (tertiary/aromatic N) is 2.